The summed E-state index contributed by atoms with van der Waals surface area (Å²) in [6.07, 6.45) is 2.91. The lowest BCUT2D eigenvalue weighted by Gasteiger charge is -2.41. The molecule has 0 bridgehead atoms. The van der Waals surface area contributed by atoms with Gasteiger partial charge in [-0.1, -0.05) is 23.2 Å². The van der Waals surface area contributed by atoms with Crippen LogP contribution < -0.4 is 11.1 Å². The van der Waals surface area contributed by atoms with Crippen molar-refractivity contribution in [1.82, 2.24) is 4.98 Å². The van der Waals surface area contributed by atoms with Gasteiger partial charge in [0.05, 0.1) is 22.2 Å². The number of nitrogens with two attached hydrogens (primary N) is 1. The highest BCUT2D eigenvalue weighted by molar-refractivity contribution is 6.37. The van der Waals surface area contributed by atoms with Crippen LogP contribution in [0.25, 0.3) is 0 Å². The van der Waals surface area contributed by atoms with Crippen LogP contribution in [0.1, 0.15) is 19.3 Å². The Labute approximate surface area is 104 Å². The summed E-state index contributed by atoms with van der Waals surface area (Å²) in [5.74, 6) is 0.721. The maximum absolute atomic E-state index is 9.32. The Morgan fingerprint density at radius 1 is 1.44 bits per heavy atom. The Bertz CT molecular complexity index is 402. The third kappa shape index (κ3) is 2.05. The number of hydrogen-bond donors (Lipinski definition) is 3. The van der Waals surface area contributed by atoms with Gasteiger partial charge in [-0.05, 0) is 25.3 Å². The van der Waals surface area contributed by atoms with Gasteiger partial charge in [0, 0.05) is 0 Å². The van der Waals surface area contributed by atoms with Crippen LogP contribution >= 0.6 is 23.2 Å². The molecule has 0 aliphatic heterocycles. The molecule has 1 heterocycles. The minimum absolute atomic E-state index is 0.0630. The van der Waals surface area contributed by atoms with Crippen LogP contribution in [0.4, 0.5) is 11.6 Å². The van der Waals surface area contributed by atoms with Gasteiger partial charge in [0.25, 0.3) is 0 Å². The standard InChI is InChI=1S/C10H13Cl2N3O/c11-6-4-7(12)9(14-8(6)13)15-10(5-16)2-1-3-10/h4,16H,1-3,5H2,(H3,13,14,15). The van der Waals surface area contributed by atoms with Gasteiger partial charge < -0.3 is 16.2 Å². The lowest BCUT2D eigenvalue weighted by molar-refractivity contribution is 0.144. The number of halogens is 2. The van der Waals surface area contributed by atoms with Crippen LogP contribution in [-0.2, 0) is 0 Å². The van der Waals surface area contributed by atoms with E-state index in [1.165, 1.54) is 0 Å². The molecule has 1 fully saturated rings. The molecule has 4 nitrogen and oxygen atoms in total. The molecule has 0 atom stereocenters. The van der Waals surface area contributed by atoms with E-state index in [0.29, 0.717) is 15.9 Å². The molecule has 0 radical (unpaired) electrons. The Balaban J connectivity index is 2.24. The van der Waals surface area contributed by atoms with Gasteiger partial charge in [0.15, 0.2) is 0 Å². The second-order valence-corrected chi connectivity index (χ2v) is 4.92. The first-order valence-corrected chi connectivity index (χ1v) is 5.82. The molecule has 0 amide bonds. The van der Waals surface area contributed by atoms with Crippen molar-refractivity contribution in [1.29, 1.82) is 0 Å². The van der Waals surface area contributed by atoms with E-state index in [1.54, 1.807) is 6.07 Å². The zero-order valence-electron chi connectivity index (χ0n) is 8.63. The molecule has 0 saturated heterocycles. The molecular weight excluding hydrogens is 249 g/mol. The van der Waals surface area contributed by atoms with Crippen LogP contribution in [0.5, 0.6) is 0 Å². The molecule has 0 unspecified atom stereocenters. The highest BCUT2D eigenvalue weighted by Crippen LogP contribution is 2.37. The van der Waals surface area contributed by atoms with Crippen molar-refractivity contribution in [2.45, 2.75) is 24.8 Å². The molecule has 0 spiro atoms. The van der Waals surface area contributed by atoms with Crippen LogP contribution in [-0.4, -0.2) is 22.2 Å². The SMILES string of the molecule is Nc1nc(NC2(CO)CCC2)c(Cl)cc1Cl. The van der Waals surface area contributed by atoms with Gasteiger partial charge in [0.2, 0.25) is 0 Å². The summed E-state index contributed by atoms with van der Waals surface area (Å²) in [5, 5.41) is 13.2. The average Bonchev–Trinajstić information content (AvgIpc) is 2.19. The van der Waals surface area contributed by atoms with Crippen molar-refractivity contribution < 1.29 is 5.11 Å². The Kier molecular flexibility index (Phi) is 3.15. The van der Waals surface area contributed by atoms with Crippen LogP contribution in [0.2, 0.25) is 10.0 Å². The van der Waals surface area contributed by atoms with Gasteiger partial charge in [0.1, 0.15) is 11.6 Å². The topological polar surface area (TPSA) is 71.2 Å². The van der Waals surface area contributed by atoms with E-state index in [1.807, 2.05) is 0 Å². The molecule has 16 heavy (non-hydrogen) atoms. The van der Waals surface area contributed by atoms with E-state index in [0.717, 1.165) is 19.3 Å². The largest absolute Gasteiger partial charge is 0.394 e. The summed E-state index contributed by atoms with van der Waals surface area (Å²) < 4.78 is 0. The monoisotopic (exact) mass is 261 g/mol. The van der Waals surface area contributed by atoms with Crippen molar-refractivity contribution in [3.05, 3.63) is 16.1 Å². The van der Waals surface area contributed by atoms with E-state index in [4.69, 9.17) is 28.9 Å². The molecule has 4 N–H and O–H groups in total. The lowest BCUT2D eigenvalue weighted by atomic mass is 9.77. The van der Waals surface area contributed by atoms with Crippen molar-refractivity contribution in [2.24, 2.45) is 0 Å². The molecule has 1 aromatic heterocycles. The lowest BCUT2D eigenvalue weighted by Crippen LogP contribution is -2.48. The Morgan fingerprint density at radius 2 is 2.12 bits per heavy atom. The molecule has 1 aromatic rings. The normalized spacial score (nSPS) is 17.9. The summed E-state index contributed by atoms with van der Waals surface area (Å²) >= 11 is 11.8. The van der Waals surface area contributed by atoms with E-state index in [2.05, 4.69) is 10.3 Å². The van der Waals surface area contributed by atoms with Crippen molar-refractivity contribution >= 4 is 34.8 Å². The number of rotatable bonds is 3. The van der Waals surface area contributed by atoms with Crippen LogP contribution in [0.3, 0.4) is 0 Å². The third-order valence-electron chi connectivity index (χ3n) is 2.95. The molecule has 1 aliphatic rings. The summed E-state index contributed by atoms with van der Waals surface area (Å²) in [4.78, 5) is 4.08. The van der Waals surface area contributed by atoms with E-state index in [-0.39, 0.29) is 18.0 Å². The number of nitrogens with one attached hydrogen (secondary N) is 1. The Hall–Kier alpha value is -0.710. The van der Waals surface area contributed by atoms with Crippen molar-refractivity contribution in [3.63, 3.8) is 0 Å². The number of nitrogens with zero attached hydrogens (tertiary/aromatic N) is 1. The molecule has 1 aliphatic carbocycles. The fraction of sp³-hybridized carbons (Fsp3) is 0.500. The summed E-state index contributed by atoms with van der Waals surface area (Å²) in [5.41, 5.74) is 5.31. The Morgan fingerprint density at radius 3 is 2.62 bits per heavy atom. The molecular formula is C10H13Cl2N3O. The van der Waals surface area contributed by atoms with E-state index >= 15 is 0 Å². The van der Waals surface area contributed by atoms with Crippen molar-refractivity contribution in [2.75, 3.05) is 17.7 Å². The zero-order chi connectivity index (χ0) is 11.8. The predicted molar refractivity (Wildman–Crippen MR) is 66.0 cm³/mol. The molecule has 88 valence electrons. The number of hydrogen-bond acceptors (Lipinski definition) is 4. The molecule has 1 saturated carbocycles. The van der Waals surface area contributed by atoms with Crippen molar-refractivity contribution in [3.8, 4) is 0 Å². The van der Waals surface area contributed by atoms with Gasteiger partial charge in [-0.25, -0.2) is 4.98 Å². The number of aliphatic hydroxyl groups is 1. The third-order valence-corrected chi connectivity index (χ3v) is 3.54. The average molecular weight is 262 g/mol. The first-order valence-electron chi connectivity index (χ1n) is 5.07. The van der Waals surface area contributed by atoms with Gasteiger partial charge >= 0.3 is 0 Å². The summed E-state index contributed by atoms with van der Waals surface area (Å²) in [7, 11) is 0. The van der Waals surface area contributed by atoms with Gasteiger partial charge in [-0.3, -0.25) is 0 Å². The van der Waals surface area contributed by atoms with Crippen LogP contribution in [0, 0.1) is 0 Å². The summed E-state index contributed by atoms with van der Waals surface area (Å²) in [6, 6.07) is 1.55. The van der Waals surface area contributed by atoms with Gasteiger partial charge in [-0.15, -0.1) is 0 Å². The number of aromatic nitrogens is 1. The quantitative estimate of drug-likeness (QED) is 0.781. The predicted octanol–water partition coefficient (Wildman–Crippen LogP) is 2.30. The molecule has 6 heteroatoms. The maximum atomic E-state index is 9.32. The highest BCUT2D eigenvalue weighted by Gasteiger charge is 2.37. The highest BCUT2D eigenvalue weighted by atomic mass is 35.5. The fourth-order valence-electron chi connectivity index (χ4n) is 1.75. The fourth-order valence-corrected chi connectivity index (χ4v) is 2.15. The smallest absolute Gasteiger partial charge is 0.147 e. The van der Waals surface area contributed by atoms with Gasteiger partial charge in [-0.2, -0.15) is 0 Å². The molecule has 0 aromatic carbocycles. The van der Waals surface area contributed by atoms with Crippen LogP contribution in [0.15, 0.2) is 6.07 Å². The number of pyridine rings is 1. The second kappa shape index (κ2) is 4.28. The minimum atomic E-state index is -0.295. The number of anilines is 2. The number of aliphatic hydroxyl groups excluding tert-OH is 1. The van der Waals surface area contributed by atoms with E-state index < -0.39 is 0 Å². The molecule has 2 rings (SSSR count). The summed E-state index contributed by atoms with van der Waals surface area (Å²) in [6.45, 7) is 0.0630. The zero-order valence-corrected chi connectivity index (χ0v) is 10.1. The first kappa shape index (κ1) is 11.8. The first-order chi connectivity index (χ1) is 7.56. The minimum Gasteiger partial charge on any atom is -0.394 e. The second-order valence-electron chi connectivity index (χ2n) is 4.10. The van der Waals surface area contributed by atoms with E-state index in [9.17, 15) is 5.11 Å². The number of nitrogen functional groups attached to an aromatic ring is 1. The maximum Gasteiger partial charge on any atom is 0.147 e.